The Bertz CT molecular complexity index is 1090. The first kappa shape index (κ1) is 23.1. The van der Waals surface area contributed by atoms with Gasteiger partial charge in [-0.25, -0.2) is 4.36 Å². The maximum absolute atomic E-state index is 12.7. The summed E-state index contributed by atoms with van der Waals surface area (Å²) >= 11 is 0. The predicted octanol–water partition coefficient (Wildman–Crippen LogP) is 2.47. The van der Waals surface area contributed by atoms with Crippen LogP contribution in [0.1, 0.15) is 11.1 Å². The van der Waals surface area contributed by atoms with E-state index >= 15 is 0 Å². The van der Waals surface area contributed by atoms with E-state index in [1.165, 1.54) is 0 Å². The highest BCUT2D eigenvalue weighted by molar-refractivity contribution is 7.85. The summed E-state index contributed by atoms with van der Waals surface area (Å²) in [5.74, 6) is -1.13. The smallest absolute Gasteiger partial charge is 0.464 e. The molecule has 3 rings (SSSR count). The fourth-order valence-electron chi connectivity index (χ4n) is 3.41. The SMILES string of the molecule is CN(C)c1cc(CC(=O)NC(Cc2coc3ccccc23)B(O)O)ccc1N=S(C)C. The van der Waals surface area contributed by atoms with Crippen molar-refractivity contribution in [2.24, 2.45) is 4.36 Å². The second-order valence-electron chi connectivity index (χ2n) is 7.81. The van der Waals surface area contributed by atoms with Crippen LogP contribution in [0.5, 0.6) is 0 Å². The Labute approximate surface area is 185 Å². The summed E-state index contributed by atoms with van der Waals surface area (Å²) in [5.41, 5.74) is 4.18. The average Bonchev–Trinajstić information content (AvgIpc) is 3.11. The summed E-state index contributed by atoms with van der Waals surface area (Å²) in [7, 11) is 2.09. The number of fused-ring (bicyclic) bond motifs is 1. The summed E-state index contributed by atoms with van der Waals surface area (Å²) in [5, 5.41) is 23.3. The molecule has 1 aromatic heterocycles. The molecule has 0 aliphatic carbocycles. The molecule has 0 bridgehead atoms. The molecule has 1 amide bonds. The Morgan fingerprint density at radius 3 is 2.65 bits per heavy atom. The summed E-state index contributed by atoms with van der Waals surface area (Å²) in [6.45, 7) is 0. The minimum Gasteiger partial charge on any atom is -0.464 e. The third-order valence-corrected chi connectivity index (χ3v) is 5.44. The molecule has 164 valence electrons. The first-order chi connectivity index (χ1) is 14.7. The number of carbonyl (C=O) groups excluding carboxylic acids is 1. The van der Waals surface area contributed by atoms with Gasteiger partial charge in [-0.05, 0) is 48.3 Å². The maximum atomic E-state index is 12.7. The molecule has 2 aromatic carbocycles. The molecule has 0 saturated heterocycles. The molecule has 9 heteroatoms. The Kier molecular flexibility index (Phi) is 7.53. The first-order valence-electron chi connectivity index (χ1n) is 9.95. The number of amides is 1. The summed E-state index contributed by atoms with van der Waals surface area (Å²) in [6, 6.07) is 13.3. The summed E-state index contributed by atoms with van der Waals surface area (Å²) < 4.78 is 10.2. The molecule has 0 spiro atoms. The monoisotopic (exact) mass is 441 g/mol. The van der Waals surface area contributed by atoms with E-state index < -0.39 is 13.1 Å². The molecule has 0 aliphatic rings. The minimum atomic E-state index is -1.69. The van der Waals surface area contributed by atoms with E-state index in [2.05, 4.69) is 9.68 Å². The molecule has 3 N–H and O–H groups in total. The molecule has 0 radical (unpaired) electrons. The number of hydrogen-bond acceptors (Lipinski definition) is 6. The maximum Gasteiger partial charge on any atom is 0.475 e. The highest BCUT2D eigenvalue weighted by Gasteiger charge is 2.27. The lowest BCUT2D eigenvalue weighted by Gasteiger charge is -2.19. The lowest BCUT2D eigenvalue weighted by molar-refractivity contribution is -0.120. The third kappa shape index (κ3) is 5.97. The van der Waals surface area contributed by atoms with Crippen LogP contribution in [0, 0.1) is 0 Å². The Hall–Kier alpha value is -2.62. The Balaban J connectivity index is 1.73. The number of para-hydroxylation sites is 1. The molecular formula is C22H28BN3O4S. The molecule has 1 atom stereocenters. The molecule has 31 heavy (non-hydrogen) atoms. The van der Waals surface area contributed by atoms with Gasteiger partial charge in [-0.2, -0.15) is 0 Å². The van der Waals surface area contributed by atoms with Crippen LogP contribution in [0.15, 0.2) is 57.5 Å². The van der Waals surface area contributed by atoms with Gasteiger partial charge in [0.15, 0.2) is 0 Å². The van der Waals surface area contributed by atoms with Crippen LogP contribution in [-0.4, -0.2) is 55.6 Å². The number of carbonyl (C=O) groups is 1. The summed E-state index contributed by atoms with van der Waals surface area (Å²) in [4.78, 5) is 14.6. The number of nitrogens with zero attached hydrogens (tertiary/aromatic N) is 2. The van der Waals surface area contributed by atoms with Gasteiger partial charge in [0.25, 0.3) is 0 Å². The van der Waals surface area contributed by atoms with E-state index in [0.29, 0.717) is 0 Å². The van der Waals surface area contributed by atoms with Gasteiger partial charge in [-0.1, -0.05) is 24.3 Å². The van der Waals surface area contributed by atoms with Gasteiger partial charge in [0.2, 0.25) is 5.91 Å². The van der Waals surface area contributed by atoms with Gasteiger partial charge >= 0.3 is 7.12 Å². The fraction of sp³-hybridized carbons (Fsp3) is 0.318. The standard InChI is InChI=1S/C22H28BN3O4S/c1-26(2)19-11-15(9-10-18(19)25-31(3)4)12-22(27)24-21(23(28)29)13-16-14-30-20-8-6-5-7-17(16)20/h5-11,14,21,28-29H,12-13H2,1-4H3,(H,24,27). The van der Waals surface area contributed by atoms with Crippen molar-refractivity contribution in [3.63, 3.8) is 0 Å². The van der Waals surface area contributed by atoms with Crippen LogP contribution >= 0.6 is 0 Å². The topological polar surface area (TPSA) is 98.3 Å². The van der Waals surface area contributed by atoms with Crippen molar-refractivity contribution in [1.82, 2.24) is 5.32 Å². The van der Waals surface area contributed by atoms with Crippen molar-refractivity contribution >= 4 is 46.1 Å². The number of rotatable bonds is 8. The van der Waals surface area contributed by atoms with E-state index in [1.54, 1.807) is 6.26 Å². The third-order valence-electron chi connectivity index (χ3n) is 4.87. The molecule has 0 aliphatic heterocycles. The lowest BCUT2D eigenvalue weighted by atomic mass is 9.75. The predicted molar refractivity (Wildman–Crippen MR) is 128 cm³/mol. The summed E-state index contributed by atoms with van der Waals surface area (Å²) in [6.07, 6.45) is 6.05. The van der Waals surface area contributed by atoms with Crippen molar-refractivity contribution in [2.45, 2.75) is 18.8 Å². The van der Waals surface area contributed by atoms with Crippen LogP contribution in [0.4, 0.5) is 11.4 Å². The van der Waals surface area contributed by atoms with Gasteiger partial charge in [0.1, 0.15) is 5.58 Å². The number of hydrogen-bond donors (Lipinski definition) is 3. The van der Waals surface area contributed by atoms with Crippen molar-refractivity contribution in [3.8, 4) is 0 Å². The minimum absolute atomic E-state index is 0.0943. The first-order valence-corrected chi connectivity index (χ1v) is 11.9. The van der Waals surface area contributed by atoms with Crippen molar-refractivity contribution < 1.29 is 19.3 Å². The number of furan rings is 1. The highest BCUT2D eigenvalue weighted by Crippen LogP contribution is 2.29. The van der Waals surface area contributed by atoms with Crippen LogP contribution in [0.3, 0.4) is 0 Å². The van der Waals surface area contributed by atoms with E-state index in [4.69, 9.17) is 4.42 Å². The number of benzene rings is 2. The van der Waals surface area contributed by atoms with Gasteiger partial charge < -0.3 is 24.7 Å². The second kappa shape index (κ2) is 10.1. The quantitative estimate of drug-likeness (QED) is 0.467. The zero-order valence-electron chi connectivity index (χ0n) is 18.2. The van der Waals surface area contributed by atoms with Crippen molar-refractivity contribution in [3.05, 3.63) is 59.9 Å². The lowest BCUT2D eigenvalue weighted by Crippen LogP contribution is -2.48. The Morgan fingerprint density at radius 1 is 1.23 bits per heavy atom. The van der Waals surface area contributed by atoms with E-state index in [0.717, 1.165) is 33.5 Å². The van der Waals surface area contributed by atoms with E-state index in [1.807, 2.05) is 74.0 Å². The molecule has 1 heterocycles. The van der Waals surface area contributed by atoms with Gasteiger partial charge in [-0.3, -0.25) is 4.79 Å². The van der Waals surface area contributed by atoms with Gasteiger partial charge in [0.05, 0.1) is 30.0 Å². The van der Waals surface area contributed by atoms with Gasteiger partial charge in [-0.15, -0.1) is 10.7 Å². The zero-order valence-corrected chi connectivity index (χ0v) is 19.0. The molecule has 0 fully saturated rings. The van der Waals surface area contributed by atoms with Crippen LogP contribution in [0.2, 0.25) is 0 Å². The average molecular weight is 441 g/mol. The zero-order chi connectivity index (χ0) is 22.5. The largest absolute Gasteiger partial charge is 0.475 e. The Morgan fingerprint density at radius 2 is 1.97 bits per heavy atom. The number of anilines is 1. The van der Waals surface area contributed by atoms with Crippen LogP contribution in [-0.2, 0) is 28.3 Å². The number of nitrogens with one attached hydrogen (secondary N) is 1. The van der Waals surface area contributed by atoms with Crippen LogP contribution < -0.4 is 10.2 Å². The highest BCUT2D eigenvalue weighted by atomic mass is 32.2. The fourth-order valence-corrected chi connectivity index (χ4v) is 3.96. The normalized spacial score (nSPS) is 12.1. The van der Waals surface area contributed by atoms with Crippen molar-refractivity contribution in [1.29, 1.82) is 0 Å². The van der Waals surface area contributed by atoms with Crippen molar-refractivity contribution in [2.75, 3.05) is 31.5 Å². The molecular weight excluding hydrogens is 413 g/mol. The van der Waals surface area contributed by atoms with E-state index in [9.17, 15) is 14.8 Å². The van der Waals surface area contributed by atoms with E-state index in [-0.39, 0.29) is 29.4 Å². The molecule has 1 unspecified atom stereocenters. The molecule has 7 nitrogen and oxygen atoms in total. The van der Waals surface area contributed by atoms with Gasteiger partial charge in [0, 0.05) is 19.5 Å². The van der Waals surface area contributed by atoms with Crippen LogP contribution in [0.25, 0.3) is 11.0 Å². The molecule has 0 saturated carbocycles. The second-order valence-corrected chi connectivity index (χ2v) is 9.54. The molecule has 3 aromatic rings.